The summed E-state index contributed by atoms with van der Waals surface area (Å²) in [6, 6.07) is 16.3. The van der Waals surface area contributed by atoms with Crippen LogP contribution < -0.4 is 0 Å². The highest BCUT2D eigenvalue weighted by Crippen LogP contribution is 2.29. The van der Waals surface area contributed by atoms with E-state index in [1.54, 1.807) is 18.2 Å². The molecule has 0 heterocycles. The van der Waals surface area contributed by atoms with Gasteiger partial charge in [0.15, 0.2) is 0 Å². The smallest absolute Gasteiger partial charge is 0.145 e. The number of rotatable bonds is 6. The number of ketones is 1. The molecule has 2 unspecified atom stereocenters. The van der Waals surface area contributed by atoms with Gasteiger partial charge in [-0.2, -0.15) is 0 Å². The van der Waals surface area contributed by atoms with E-state index in [-0.39, 0.29) is 29.9 Å². The molecule has 0 saturated heterocycles. The fourth-order valence-corrected chi connectivity index (χ4v) is 2.67. The average Bonchev–Trinajstić information content (AvgIpc) is 2.50. The van der Waals surface area contributed by atoms with Crippen molar-refractivity contribution >= 4 is 5.78 Å². The van der Waals surface area contributed by atoms with E-state index in [2.05, 4.69) is 13.8 Å². The molecule has 2 aromatic rings. The van der Waals surface area contributed by atoms with Gasteiger partial charge < -0.3 is 0 Å². The molecule has 0 amide bonds. The van der Waals surface area contributed by atoms with Gasteiger partial charge in [0.1, 0.15) is 11.6 Å². The van der Waals surface area contributed by atoms with Crippen molar-refractivity contribution in [2.24, 2.45) is 5.92 Å². The molecule has 110 valence electrons. The quantitative estimate of drug-likeness (QED) is 0.747. The monoisotopic (exact) mass is 284 g/mol. The van der Waals surface area contributed by atoms with Gasteiger partial charge in [0.2, 0.25) is 0 Å². The molecule has 2 atom stereocenters. The van der Waals surface area contributed by atoms with Crippen LogP contribution >= 0.6 is 0 Å². The number of halogens is 1. The Kier molecular flexibility index (Phi) is 5.26. The molecule has 0 radical (unpaired) electrons. The van der Waals surface area contributed by atoms with Gasteiger partial charge in [0.05, 0.1) is 0 Å². The van der Waals surface area contributed by atoms with Gasteiger partial charge in [-0.3, -0.25) is 4.79 Å². The first kappa shape index (κ1) is 15.4. The van der Waals surface area contributed by atoms with Crippen LogP contribution in [0.4, 0.5) is 4.39 Å². The molecule has 1 nitrogen and oxygen atoms in total. The van der Waals surface area contributed by atoms with Crippen molar-refractivity contribution in [3.05, 3.63) is 71.5 Å². The summed E-state index contributed by atoms with van der Waals surface area (Å²) in [5, 5.41) is 0. The van der Waals surface area contributed by atoms with Gasteiger partial charge in [-0.05, 0) is 23.1 Å². The highest BCUT2D eigenvalue weighted by atomic mass is 19.1. The zero-order valence-corrected chi connectivity index (χ0v) is 12.6. The van der Waals surface area contributed by atoms with E-state index in [9.17, 15) is 9.18 Å². The molecular weight excluding hydrogens is 263 g/mol. The Bertz CT molecular complexity index is 592. The maximum atomic E-state index is 13.7. The first-order valence-electron chi connectivity index (χ1n) is 7.44. The summed E-state index contributed by atoms with van der Waals surface area (Å²) < 4.78 is 13.7. The first-order chi connectivity index (χ1) is 10.1. The molecule has 2 aromatic carbocycles. The van der Waals surface area contributed by atoms with Crippen LogP contribution in [0.3, 0.4) is 0 Å². The number of carbonyl (C=O) groups excluding carboxylic acids is 1. The number of hydrogen-bond donors (Lipinski definition) is 0. The van der Waals surface area contributed by atoms with Gasteiger partial charge in [0.25, 0.3) is 0 Å². The lowest BCUT2D eigenvalue weighted by molar-refractivity contribution is -0.121. The Morgan fingerprint density at radius 1 is 1.05 bits per heavy atom. The van der Waals surface area contributed by atoms with Crippen molar-refractivity contribution < 1.29 is 9.18 Å². The number of benzene rings is 2. The molecule has 0 aromatic heterocycles. The number of carbonyl (C=O) groups is 1. The Morgan fingerprint density at radius 3 is 2.29 bits per heavy atom. The second kappa shape index (κ2) is 7.16. The fraction of sp³-hybridized carbons (Fsp3) is 0.316. The van der Waals surface area contributed by atoms with Crippen LogP contribution in [0.1, 0.15) is 37.3 Å². The third-order valence-corrected chi connectivity index (χ3v) is 4.04. The summed E-state index contributed by atoms with van der Waals surface area (Å²) in [6.45, 7) is 4.16. The maximum absolute atomic E-state index is 13.7. The van der Waals surface area contributed by atoms with Crippen LogP contribution in [-0.4, -0.2) is 5.78 Å². The summed E-state index contributed by atoms with van der Waals surface area (Å²) in [5.74, 6) is -0.148. The Morgan fingerprint density at radius 2 is 1.67 bits per heavy atom. The van der Waals surface area contributed by atoms with Crippen LogP contribution in [0, 0.1) is 11.7 Å². The SMILES string of the molecule is CCC(C)C(C(=O)Cc1ccccc1F)c1ccccc1. The zero-order valence-electron chi connectivity index (χ0n) is 12.6. The lowest BCUT2D eigenvalue weighted by Gasteiger charge is -2.22. The van der Waals surface area contributed by atoms with Gasteiger partial charge in [-0.15, -0.1) is 0 Å². The lowest BCUT2D eigenvalue weighted by atomic mass is 9.80. The predicted octanol–water partition coefficient (Wildman–Crippen LogP) is 4.77. The normalized spacial score (nSPS) is 13.7. The molecule has 0 aliphatic heterocycles. The zero-order chi connectivity index (χ0) is 15.2. The molecule has 0 N–H and O–H groups in total. The van der Waals surface area contributed by atoms with E-state index in [0.29, 0.717) is 5.56 Å². The summed E-state index contributed by atoms with van der Waals surface area (Å²) in [5.41, 5.74) is 1.50. The standard InChI is InChI=1S/C19H21FO/c1-3-14(2)19(15-9-5-4-6-10-15)18(21)13-16-11-7-8-12-17(16)20/h4-12,14,19H,3,13H2,1-2H3. The Labute approximate surface area is 125 Å². The van der Waals surface area contributed by atoms with E-state index >= 15 is 0 Å². The van der Waals surface area contributed by atoms with Crippen LogP contribution in [0.2, 0.25) is 0 Å². The Hall–Kier alpha value is -1.96. The van der Waals surface area contributed by atoms with E-state index in [1.165, 1.54) is 6.07 Å². The van der Waals surface area contributed by atoms with Crippen molar-refractivity contribution in [3.63, 3.8) is 0 Å². The summed E-state index contributed by atoms with van der Waals surface area (Å²) in [4.78, 5) is 12.7. The topological polar surface area (TPSA) is 17.1 Å². The van der Waals surface area contributed by atoms with Crippen molar-refractivity contribution in [3.8, 4) is 0 Å². The average molecular weight is 284 g/mol. The summed E-state index contributed by atoms with van der Waals surface area (Å²) in [6.07, 6.45) is 1.07. The van der Waals surface area contributed by atoms with Crippen molar-refractivity contribution in [2.75, 3.05) is 0 Å². The predicted molar refractivity (Wildman–Crippen MR) is 83.7 cm³/mol. The minimum absolute atomic E-state index is 0.0839. The molecule has 0 fully saturated rings. The second-order valence-corrected chi connectivity index (χ2v) is 5.51. The van der Waals surface area contributed by atoms with Crippen LogP contribution in [0.5, 0.6) is 0 Å². The molecule has 0 aliphatic carbocycles. The highest BCUT2D eigenvalue weighted by molar-refractivity contribution is 5.88. The molecule has 0 aliphatic rings. The molecule has 0 spiro atoms. The second-order valence-electron chi connectivity index (χ2n) is 5.51. The highest BCUT2D eigenvalue weighted by Gasteiger charge is 2.26. The van der Waals surface area contributed by atoms with Crippen LogP contribution in [0.25, 0.3) is 0 Å². The molecular formula is C19H21FO. The third kappa shape index (κ3) is 3.78. The van der Waals surface area contributed by atoms with Gasteiger partial charge in [-0.1, -0.05) is 68.8 Å². The maximum Gasteiger partial charge on any atom is 0.145 e. The van der Waals surface area contributed by atoms with Crippen molar-refractivity contribution in [1.82, 2.24) is 0 Å². The first-order valence-corrected chi connectivity index (χ1v) is 7.44. The van der Waals surface area contributed by atoms with E-state index in [4.69, 9.17) is 0 Å². The van der Waals surface area contributed by atoms with Crippen molar-refractivity contribution in [1.29, 1.82) is 0 Å². The molecule has 0 bridgehead atoms. The Balaban J connectivity index is 2.25. The molecule has 0 saturated carbocycles. The molecule has 2 heteroatoms. The lowest BCUT2D eigenvalue weighted by Crippen LogP contribution is -2.22. The summed E-state index contributed by atoms with van der Waals surface area (Å²) >= 11 is 0. The largest absolute Gasteiger partial charge is 0.299 e. The van der Waals surface area contributed by atoms with Crippen LogP contribution in [0.15, 0.2) is 54.6 Å². The third-order valence-electron chi connectivity index (χ3n) is 4.04. The number of Topliss-reactive ketones (excluding diaryl/α,β-unsaturated/α-hetero) is 1. The van der Waals surface area contributed by atoms with E-state index in [1.807, 2.05) is 30.3 Å². The number of hydrogen-bond acceptors (Lipinski definition) is 1. The van der Waals surface area contributed by atoms with Gasteiger partial charge in [0, 0.05) is 12.3 Å². The van der Waals surface area contributed by atoms with Gasteiger partial charge in [-0.25, -0.2) is 4.39 Å². The van der Waals surface area contributed by atoms with Crippen LogP contribution in [-0.2, 0) is 11.2 Å². The summed E-state index contributed by atoms with van der Waals surface area (Å²) in [7, 11) is 0. The van der Waals surface area contributed by atoms with Gasteiger partial charge >= 0.3 is 0 Å². The minimum Gasteiger partial charge on any atom is -0.299 e. The molecule has 2 rings (SSSR count). The minimum atomic E-state index is -0.304. The molecule has 21 heavy (non-hydrogen) atoms. The fourth-order valence-electron chi connectivity index (χ4n) is 2.67. The van der Waals surface area contributed by atoms with Crippen molar-refractivity contribution in [2.45, 2.75) is 32.6 Å². The van der Waals surface area contributed by atoms with E-state index < -0.39 is 0 Å². The van der Waals surface area contributed by atoms with E-state index in [0.717, 1.165) is 12.0 Å².